The SMILES string of the molecule is N#Cc1cccc2[nH]c(-c3ccccc3)nc12. The molecule has 1 N–H and O–H groups in total. The first kappa shape index (κ1) is 9.61. The van der Waals surface area contributed by atoms with E-state index in [9.17, 15) is 0 Å². The molecule has 3 rings (SSSR count). The largest absolute Gasteiger partial charge is 0.338 e. The Morgan fingerprint density at radius 2 is 1.82 bits per heavy atom. The molecule has 0 atom stereocenters. The second-order valence-electron chi connectivity index (χ2n) is 3.76. The lowest BCUT2D eigenvalue weighted by molar-refractivity contribution is 1.33. The van der Waals surface area contributed by atoms with Crippen LogP contribution in [0.3, 0.4) is 0 Å². The highest BCUT2D eigenvalue weighted by Crippen LogP contribution is 2.22. The summed E-state index contributed by atoms with van der Waals surface area (Å²) in [6.45, 7) is 0. The van der Waals surface area contributed by atoms with Crippen molar-refractivity contribution >= 4 is 11.0 Å². The zero-order valence-corrected chi connectivity index (χ0v) is 9.01. The number of benzene rings is 2. The average Bonchev–Trinajstić information content (AvgIpc) is 2.83. The fourth-order valence-corrected chi connectivity index (χ4v) is 1.86. The predicted octanol–water partition coefficient (Wildman–Crippen LogP) is 3.10. The zero-order chi connectivity index (χ0) is 11.7. The number of imidazole rings is 1. The van der Waals surface area contributed by atoms with Gasteiger partial charge in [0.15, 0.2) is 0 Å². The molecule has 0 unspecified atom stereocenters. The molecule has 2 aromatic carbocycles. The molecule has 0 amide bonds. The van der Waals surface area contributed by atoms with Crippen LogP contribution in [0.5, 0.6) is 0 Å². The van der Waals surface area contributed by atoms with Crippen LogP contribution in [0.1, 0.15) is 5.56 Å². The van der Waals surface area contributed by atoms with Crippen LogP contribution in [0.2, 0.25) is 0 Å². The van der Waals surface area contributed by atoms with Crippen LogP contribution in [0.25, 0.3) is 22.4 Å². The van der Waals surface area contributed by atoms with Gasteiger partial charge in [0.2, 0.25) is 0 Å². The molecule has 0 fully saturated rings. The highest BCUT2D eigenvalue weighted by Gasteiger charge is 2.07. The number of aromatic nitrogens is 2. The van der Waals surface area contributed by atoms with Crippen LogP contribution in [-0.4, -0.2) is 9.97 Å². The molecule has 0 bridgehead atoms. The van der Waals surface area contributed by atoms with Crippen LogP contribution in [-0.2, 0) is 0 Å². The molecule has 0 aliphatic heterocycles. The summed E-state index contributed by atoms with van der Waals surface area (Å²) in [6.07, 6.45) is 0. The zero-order valence-electron chi connectivity index (χ0n) is 9.01. The van der Waals surface area contributed by atoms with Gasteiger partial charge in [0.25, 0.3) is 0 Å². The number of rotatable bonds is 1. The van der Waals surface area contributed by atoms with Gasteiger partial charge in [-0.15, -0.1) is 0 Å². The lowest BCUT2D eigenvalue weighted by Gasteiger charge is -1.93. The number of hydrogen-bond acceptors (Lipinski definition) is 2. The van der Waals surface area contributed by atoms with E-state index in [1.54, 1.807) is 6.07 Å². The van der Waals surface area contributed by atoms with E-state index in [1.165, 1.54) is 0 Å². The first-order valence-electron chi connectivity index (χ1n) is 5.33. The minimum atomic E-state index is 0.598. The maximum atomic E-state index is 9.01. The molecule has 3 heteroatoms. The first-order valence-corrected chi connectivity index (χ1v) is 5.33. The van der Waals surface area contributed by atoms with Crippen LogP contribution in [0.4, 0.5) is 0 Å². The van der Waals surface area contributed by atoms with Gasteiger partial charge in [0, 0.05) is 5.56 Å². The molecule has 80 valence electrons. The highest BCUT2D eigenvalue weighted by atomic mass is 14.9. The third-order valence-electron chi connectivity index (χ3n) is 2.68. The summed E-state index contributed by atoms with van der Waals surface area (Å²) in [5.74, 6) is 0.795. The van der Waals surface area contributed by atoms with E-state index in [0.29, 0.717) is 5.56 Å². The van der Waals surface area contributed by atoms with Gasteiger partial charge in [-0.3, -0.25) is 0 Å². The Bertz CT molecular complexity index is 705. The average molecular weight is 219 g/mol. The van der Waals surface area contributed by atoms with Crippen molar-refractivity contribution in [3.8, 4) is 17.5 Å². The Labute approximate surface area is 98.4 Å². The third kappa shape index (κ3) is 1.56. The summed E-state index contributed by atoms with van der Waals surface area (Å²) in [5.41, 5.74) is 3.24. The Kier molecular flexibility index (Phi) is 2.13. The van der Waals surface area contributed by atoms with Gasteiger partial charge in [0.1, 0.15) is 17.4 Å². The quantitative estimate of drug-likeness (QED) is 0.683. The number of nitriles is 1. The molecule has 0 radical (unpaired) electrons. The molecule has 3 nitrogen and oxygen atoms in total. The van der Waals surface area contributed by atoms with Crippen LogP contribution < -0.4 is 0 Å². The lowest BCUT2D eigenvalue weighted by Crippen LogP contribution is -1.78. The van der Waals surface area contributed by atoms with E-state index in [1.807, 2.05) is 42.5 Å². The number of nitrogens with zero attached hydrogens (tertiary/aromatic N) is 2. The van der Waals surface area contributed by atoms with Crippen molar-refractivity contribution in [2.24, 2.45) is 0 Å². The lowest BCUT2D eigenvalue weighted by atomic mass is 10.2. The van der Waals surface area contributed by atoms with Crippen molar-refractivity contribution in [2.45, 2.75) is 0 Å². The Morgan fingerprint density at radius 3 is 2.59 bits per heavy atom. The Morgan fingerprint density at radius 1 is 1.00 bits per heavy atom. The van der Waals surface area contributed by atoms with E-state index in [0.717, 1.165) is 22.4 Å². The van der Waals surface area contributed by atoms with Gasteiger partial charge in [-0.05, 0) is 12.1 Å². The van der Waals surface area contributed by atoms with E-state index >= 15 is 0 Å². The molecule has 0 aliphatic carbocycles. The van der Waals surface area contributed by atoms with E-state index < -0.39 is 0 Å². The van der Waals surface area contributed by atoms with E-state index in [-0.39, 0.29) is 0 Å². The maximum Gasteiger partial charge on any atom is 0.138 e. The van der Waals surface area contributed by atoms with Crippen LogP contribution >= 0.6 is 0 Å². The van der Waals surface area contributed by atoms with Crippen molar-refractivity contribution in [3.05, 3.63) is 54.1 Å². The van der Waals surface area contributed by atoms with Gasteiger partial charge >= 0.3 is 0 Å². The minimum absolute atomic E-state index is 0.598. The summed E-state index contributed by atoms with van der Waals surface area (Å²) in [4.78, 5) is 7.70. The van der Waals surface area contributed by atoms with Gasteiger partial charge in [-0.25, -0.2) is 4.98 Å². The predicted molar refractivity (Wildman–Crippen MR) is 66.2 cm³/mol. The summed E-state index contributed by atoms with van der Waals surface area (Å²) >= 11 is 0. The molecule has 0 aliphatic rings. The number of hydrogen-bond donors (Lipinski definition) is 1. The van der Waals surface area contributed by atoms with Gasteiger partial charge in [-0.1, -0.05) is 36.4 Å². The van der Waals surface area contributed by atoms with Crippen molar-refractivity contribution in [2.75, 3.05) is 0 Å². The normalized spacial score (nSPS) is 10.3. The number of aromatic amines is 1. The topological polar surface area (TPSA) is 52.5 Å². The first-order chi connectivity index (χ1) is 8.38. The Balaban J connectivity index is 2.25. The molecular weight excluding hydrogens is 210 g/mol. The van der Waals surface area contributed by atoms with Crippen molar-refractivity contribution in [1.29, 1.82) is 5.26 Å². The summed E-state index contributed by atoms with van der Waals surface area (Å²) in [5, 5.41) is 9.01. The molecule has 3 aromatic rings. The van der Waals surface area contributed by atoms with Crippen molar-refractivity contribution < 1.29 is 0 Å². The highest BCUT2D eigenvalue weighted by molar-refractivity contribution is 5.84. The number of nitrogens with one attached hydrogen (secondary N) is 1. The number of para-hydroxylation sites is 1. The molecule has 1 aromatic heterocycles. The Hall–Kier alpha value is -2.60. The van der Waals surface area contributed by atoms with Crippen molar-refractivity contribution in [1.82, 2.24) is 9.97 Å². The fourth-order valence-electron chi connectivity index (χ4n) is 1.86. The van der Waals surface area contributed by atoms with Gasteiger partial charge < -0.3 is 4.98 Å². The molecule has 0 saturated carbocycles. The fraction of sp³-hybridized carbons (Fsp3) is 0. The smallest absolute Gasteiger partial charge is 0.138 e. The van der Waals surface area contributed by atoms with Gasteiger partial charge in [0.05, 0.1) is 11.1 Å². The minimum Gasteiger partial charge on any atom is -0.338 e. The van der Waals surface area contributed by atoms with Crippen LogP contribution in [0, 0.1) is 11.3 Å². The molecule has 1 heterocycles. The molecule has 0 spiro atoms. The van der Waals surface area contributed by atoms with E-state index in [4.69, 9.17) is 5.26 Å². The monoisotopic (exact) mass is 219 g/mol. The van der Waals surface area contributed by atoms with Gasteiger partial charge in [-0.2, -0.15) is 5.26 Å². The molecular formula is C14H9N3. The van der Waals surface area contributed by atoms with Crippen LogP contribution in [0.15, 0.2) is 48.5 Å². The summed E-state index contributed by atoms with van der Waals surface area (Å²) in [6, 6.07) is 17.6. The maximum absolute atomic E-state index is 9.01. The number of H-pyrrole nitrogens is 1. The molecule has 0 saturated heterocycles. The van der Waals surface area contributed by atoms with Crippen molar-refractivity contribution in [3.63, 3.8) is 0 Å². The standard InChI is InChI=1S/C14H9N3/c15-9-11-7-4-8-12-13(11)17-14(16-12)10-5-2-1-3-6-10/h1-8H,(H,16,17). The second-order valence-corrected chi connectivity index (χ2v) is 3.76. The summed E-state index contributed by atoms with van der Waals surface area (Å²) in [7, 11) is 0. The number of fused-ring (bicyclic) bond motifs is 1. The third-order valence-corrected chi connectivity index (χ3v) is 2.68. The second kappa shape index (κ2) is 3.76. The molecule has 17 heavy (non-hydrogen) atoms. The summed E-state index contributed by atoms with van der Waals surface area (Å²) < 4.78 is 0. The van der Waals surface area contributed by atoms with E-state index in [2.05, 4.69) is 16.0 Å².